The number of rotatable bonds is 6. The number of halogens is 6. The molecule has 0 bridgehead atoms. The third kappa shape index (κ3) is 5.04. The van der Waals surface area contributed by atoms with E-state index in [9.17, 15) is 41.0 Å². The summed E-state index contributed by atoms with van der Waals surface area (Å²) in [5.74, 6) is 0.190. The zero-order chi connectivity index (χ0) is 29.6. The molecule has 2 aromatic heterocycles. The monoisotopic (exact) mass is 588 g/mol. The van der Waals surface area contributed by atoms with E-state index in [1.807, 2.05) is 0 Å². The van der Waals surface area contributed by atoms with Gasteiger partial charge >= 0.3 is 12.4 Å². The molecule has 5 rings (SSSR count). The van der Waals surface area contributed by atoms with Crippen molar-refractivity contribution in [3.05, 3.63) is 117 Å². The number of alkyl halides is 6. The van der Waals surface area contributed by atoms with Crippen molar-refractivity contribution in [2.24, 2.45) is 0 Å². The first kappa shape index (κ1) is 28.2. The molecule has 210 valence electrons. The molecular weight excluding hydrogens is 570 g/mol. The van der Waals surface area contributed by atoms with Crippen LogP contribution in [0.25, 0.3) is 27.0 Å². The molecule has 0 radical (unpaired) electrons. The van der Waals surface area contributed by atoms with Gasteiger partial charge < -0.3 is 5.11 Å². The summed E-state index contributed by atoms with van der Waals surface area (Å²) in [6, 6.07) is 19.9. The number of nitrogens with zero attached hydrogens (tertiary/aromatic N) is 2. The minimum absolute atomic E-state index is 0.0458. The van der Waals surface area contributed by atoms with Crippen LogP contribution in [0.5, 0.6) is 0 Å². The van der Waals surface area contributed by atoms with Gasteiger partial charge in [-0.25, -0.2) is 4.98 Å². The van der Waals surface area contributed by atoms with Crippen LogP contribution in [0.1, 0.15) is 26.6 Å². The second-order valence-electron chi connectivity index (χ2n) is 9.14. The molecule has 0 amide bonds. The Morgan fingerprint density at radius 3 is 2.10 bits per heavy atom. The number of benzene rings is 3. The van der Waals surface area contributed by atoms with E-state index in [-0.39, 0.29) is 23.3 Å². The largest absolute Gasteiger partial charge is 0.430 e. The molecule has 1 N–H and O–H groups in total. The Bertz CT molecular complexity index is 1780. The summed E-state index contributed by atoms with van der Waals surface area (Å²) in [6.07, 6.45) is -11.3. The molecule has 0 saturated heterocycles. The lowest BCUT2D eigenvalue weighted by atomic mass is 9.92. The number of aliphatic hydroxyl groups is 1. The maximum absolute atomic E-state index is 13.8. The number of aldehydes is 1. The molecule has 0 spiro atoms. The summed E-state index contributed by atoms with van der Waals surface area (Å²) in [4.78, 5) is 30.8. The van der Waals surface area contributed by atoms with E-state index < -0.39 is 29.1 Å². The first-order valence-electron chi connectivity index (χ1n) is 12.0. The van der Waals surface area contributed by atoms with Gasteiger partial charge in [0.1, 0.15) is 5.82 Å². The number of hydrogen-bond donors (Lipinski definition) is 1. The third-order valence-corrected chi connectivity index (χ3v) is 7.59. The normalized spacial score (nSPS) is 12.6. The van der Waals surface area contributed by atoms with Gasteiger partial charge in [-0.05, 0) is 47.5 Å². The van der Waals surface area contributed by atoms with Crippen LogP contribution in [-0.2, 0) is 12.0 Å². The third-order valence-electron chi connectivity index (χ3n) is 6.53. The molecule has 3 aromatic carbocycles. The van der Waals surface area contributed by atoms with Gasteiger partial charge in [0.2, 0.25) is 0 Å². The van der Waals surface area contributed by atoms with Crippen molar-refractivity contribution in [3.8, 4) is 16.1 Å². The second kappa shape index (κ2) is 10.3. The van der Waals surface area contributed by atoms with E-state index in [2.05, 4.69) is 4.98 Å². The fourth-order valence-electron chi connectivity index (χ4n) is 4.46. The summed E-state index contributed by atoms with van der Waals surface area (Å²) in [5, 5.41) is 9.91. The zero-order valence-electron chi connectivity index (χ0n) is 20.7. The van der Waals surface area contributed by atoms with E-state index >= 15 is 0 Å². The maximum atomic E-state index is 13.8. The SMILES string of the molecule is O=Cc1ccc(-c2ccc3nc(Cc4ccccc4)n(-c4ccc(C(O)(C(F)(F)F)C(F)(F)F)cc4)c(=O)c3c2)s1. The van der Waals surface area contributed by atoms with Crippen molar-refractivity contribution in [3.63, 3.8) is 0 Å². The number of fused-ring (bicyclic) bond motifs is 1. The maximum Gasteiger partial charge on any atom is 0.430 e. The summed E-state index contributed by atoms with van der Waals surface area (Å²) in [6.45, 7) is 0. The molecular formula is C29H18F6N2O3S. The molecule has 2 heterocycles. The highest BCUT2D eigenvalue weighted by atomic mass is 32.1. The van der Waals surface area contributed by atoms with Crippen LogP contribution >= 0.6 is 11.3 Å². The summed E-state index contributed by atoms with van der Waals surface area (Å²) in [5.41, 5.74) is -5.50. The van der Waals surface area contributed by atoms with Crippen molar-refractivity contribution in [1.82, 2.24) is 9.55 Å². The molecule has 5 nitrogen and oxygen atoms in total. The highest BCUT2D eigenvalue weighted by Crippen LogP contribution is 2.50. The minimum atomic E-state index is -6.05. The van der Waals surface area contributed by atoms with Crippen LogP contribution in [0.3, 0.4) is 0 Å². The second-order valence-corrected chi connectivity index (χ2v) is 10.3. The quantitative estimate of drug-likeness (QED) is 0.174. The number of hydrogen-bond acceptors (Lipinski definition) is 5. The Labute approximate surface area is 232 Å². The standard InChI is InChI=1S/C29H18F6N2O3S/c30-28(31,32)27(40,29(33,34)35)19-7-9-20(10-8-19)37-25(14-17-4-2-1-3-5-17)36-23-12-6-18(15-22(23)26(37)39)24-13-11-21(16-38)41-24/h1-13,15-16,40H,14H2. The summed E-state index contributed by atoms with van der Waals surface area (Å²) >= 11 is 1.21. The van der Waals surface area contributed by atoms with E-state index in [0.29, 0.717) is 39.3 Å². The molecule has 0 aliphatic heterocycles. The predicted octanol–water partition coefficient (Wildman–Crippen LogP) is 6.83. The Morgan fingerprint density at radius 1 is 0.854 bits per heavy atom. The summed E-state index contributed by atoms with van der Waals surface area (Å²) < 4.78 is 81.5. The van der Waals surface area contributed by atoms with E-state index in [0.717, 1.165) is 22.3 Å². The highest BCUT2D eigenvalue weighted by molar-refractivity contribution is 7.17. The van der Waals surface area contributed by atoms with Gasteiger partial charge in [0.15, 0.2) is 6.29 Å². The van der Waals surface area contributed by atoms with E-state index in [4.69, 9.17) is 0 Å². The molecule has 0 fully saturated rings. The minimum Gasteiger partial charge on any atom is -0.369 e. The number of aromatic nitrogens is 2. The Kier molecular flexibility index (Phi) is 7.08. The molecule has 0 atom stereocenters. The lowest BCUT2D eigenvalue weighted by Crippen LogP contribution is -2.53. The lowest BCUT2D eigenvalue weighted by molar-refractivity contribution is -0.376. The molecule has 0 saturated carbocycles. The Balaban J connectivity index is 1.69. The molecule has 12 heteroatoms. The van der Waals surface area contributed by atoms with Gasteiger partial charge in [0.25, 0.3) is 11.2 Å². The van der Waals surface area contributed by atoms with Crippen LogP contribution in [0.2, 0.25) is 0 Å². The Morgan fingerprint density at radius 2 is 1.51 bits per heavy atom. The zero-order valence-corrected chi connectivity index (χ0v) is 21.5. The predicted molar refractivity (Wildman–Crippen MR) is 141 cm³/mol. The van der Waals surface area contributed by atoms with Crippen molar-refractivity contribution >= 4 is 28.5 Å². The van der Waals surface area contributed by atoms with Gasteiger partial charge in [0.05, 0.1) is 21.5 Å². The van der Waals surface area contributed by atoms with Gasteiger partial charge in [-0.15, -0.1) is 11.3 Å². The van der Waals surface area contributed by atoms with Crippen molar-refractivity contribution < 1.29 is 36.2 Å². The molecule has 0 aliphatic rings. The van der Waals surface area contributed by atoms with Gasteiger partial charge in [-0.2, -0.15) is 26.3 Å². The van der Waals surface area contributed by atoms with Crippen LogP contribution in [0.15, 0.2) is 89.7 Å². The first-order valence-corrected chi connectivity index (χ1v) is 12.8. The number of carbonyl (C=O) groups is 1. The first-order chi connectivity index (χ1) is 19.3. The number of carbonyl (C=O) groups excluding carboxylic acids is 1. The smallest absolute Gasteiger partial charge is 0.369 e. The highest BCUT2D eigenvalue weighted by Gasteiger charge is 2.71. The number of thiophene rings is 1. The van der Waals surface area contributed by atoms with Crippen LogP contribution in [0, 0.1) is 0 Å². The average Bonchev–Trinajstić information content (AvgIpc) is 3.42. The lowest BCUT2D eigenvalue weighted by Gasteiger charge is -2.32. The van der Waals surface area contributed by atoms with Crippen LogP contribution < -0.4 is 5.56 Å². The fraction of sp³-hybridized carbons (Fsp3) is 0.138. The molecule has 0 aliphatic carbocycles. The molecule has 41 heavy (non-hydrogen) atoms. The molecule has 5 aromatic rings. The summed E-state index contributed by atoms with van der Waals surface area (Å²) in [7, 11) is 0. The van der Waals surface area contributed by atoms with Crippen molar-refractivity contribution in [1.29, 1.82) is 0 Å². The van der Waals surface area contributed by atoms with Crippen LogP contribution in [0.4, 0.5) is 26.3 Å². The van der Waals surface area contributed by atoms with E-state index in [1.165, 1.54) is 11.3 Å². The fourth-order valence-corrected chi connectivity index (χ4v) is 5.28. The average molecular weight is 589 g/mol. The van der Waals surface area contributed by atoms with Crippen LogP contribution in [-0.4, -0.2) is 33.3 Å². The molecule has 0 unspecified atom stereocenters. The topological polar surface area (TPSA) is 72.2 Å². The van der Waals surface area contributed by atoms with Crippen molar-refractivity contribution in [2.75, 3.05) is 0 Å². The van der Waals surface area contributed by atoms with Gasteiger partial charge in [-0.1, -0.05) is 48.5 Å². The van der Waals surface area contributed by atoms with Gasteiger partial charge in [-0.3, -0.25) is 14.2 Å². The van der Waals surface area contributed by atoms with Gasteiger partial charge in [0, 0.05) is 16.9 Å². The Hall–Kier alpha value is -4.29. The van der Waals surface area contributed by atoms with Crippen molar-refractivity contribution in [2.45, 2.75) is 24.4 Å². The van der Waals surface area contributed by atoms with E-state index in [1.54, 1.807) is 60.7 Å².